The highest BCUT2D eigenvalue weighted by molar-refractivity contribution is 7.47. The van der Waals surface area contributed by atoms with Crippen molar-refractivity contribution in [3.05, 3.63) is 0 Å². The maximum absolute atomic E-state index is 13.1. The van der Waals surface area contributed by atoms with Gasteiger partial charge in [0.1, 0.15) is 19.3 Å². The number of esters is 4. The normalized spacial score (nSPS) is 13.8. The van der Waals surface area contributed by atoms with Crippen LogP contribution in [0.15, 0.2) is 0 Å². The number of phosphoric acid groups is 2. The van der Waals surface area contributed by atoms with Gasteiger partial charge in [-0.3, -0.25) is 37.3 Å². The summed E-state index contributed by atoms with van der Waals surface area (Å²) in [6, 6.07) is 0. The summed E-state index contributed by atoms with van der Waals surface area (Å²) in [7, 11) is -9.91. The van der Waals surface area contributed by atoms with Gasteiger partial charge in [0.25, 0.3) is 0 Å². The second-order valence-electron chi connectivity index (χ2n) is 29.5. The third-order valence-corrected chi connectivity index (χ3v) is 21.3. The van der Waals surface area contributed by atoms with Gasteiger partial charge in [-0.25, -0.2) is 9.13 Å². The Bertz CT molecular complexity index is 1910. The van der Waals surface area contributed by atoms with Crippen molar-refractivity contribution < 1.29 is 80.2 Å². The van der Waals surface area contributed by atoms with E-state index in [0.717, 1.165) is 103 Å². The molecule has 0 aromatic rings. The van der Waals surface area contributed by atoms with Crippen LogP contribution in [0, 0.1) is 0 Å². The maximum atomic E-state index is 13.1. The number of carbonyl (C=O) groups is 4. The van der Waals surface area contributed by atoms with Crippen LogP contribution in [0.2, 0.25) is 0 Å². The maximum Gasteiger partial charge on any atom is 0.472 e. The molecule has 0 aliphatic heterocycles. The lowest BCUT2D eigenvalue weighted by atomic mass is 10.0. The first kappa shape index (κ1) is 99.1. The SMILES string of the molecule is CCCCCCCCCCCCCCCCCCCCCCCC(=O)O[C@H](COC(=O)CCCCCCCCCCCCCCCCCCCC)COP(=O)(O)OC[C@@H](O)COP(=O)(O)OC[C@@H](COC(=O)CCCCCCCCC)OC(=O)CCCCCCCCCCCCCCCCC. The smallest absolute Gasteiger partial charge is 0.462 e. The lowest BCUT2D eigenvalue weighted by molar-refractivity contribution is -0.161. The quantitative estimate of drug-likeness (QED) is 0.0222. The molecule has 17 nitrogen and oxygen atoms in total. The summed E-state index contributed by atoms with van der Waals surface area (Å²) in [6.45, 7) is 4.99. The van der Waals surface area contributed by atoms with Crippen molar-refractivity contribution in [2.75, 3.05) is 39.6 Å². The van der Waals surface area contributed by atoms with Gasteiger partial charge in [-0.05, 0) is 25.7 Å². The van der Waals surface area contributed by atoms with Crippen molar-refractivity contribution in [1.29, 1.82) is 0 Å². The second-order valence-corrected chi connectivity index (χ2v) is 32.4. The van der Waals surface area contributed by atoms with E-state index in [0.29, 0.717) is 25.7 Å². The fraction of sp³-hybridized carbons (Fsp3) is 0.951. The van der Waals surface area contributed by atoms with Gasteiger partial charge < -0.3 is 33.8 Å². The highest BCUT2D eigenvalue weighted by atomic mass is 31.2. The van der Waals surface area contributed by atoms with E-state index in [1.165, 1.54) is 263 Å². The van der Waals surface area contributed by atoms with E-state index < -0.39 is 97.5 Å². The molecule has 0 aromatic carbocycles. The molecule has 0 fully saturated rings. The molecule has 0 saturated heterocycles. The molecule has 600 valence electrons. The number of rotatable bonds is 83. The molecular weight excluding hydrogens is 1320 g/mol. The molecule has 0 radical (unpaired) electrons. The Hall–Kier alpha value is -1.94. The van der Waals surface area contributed by atoms with Crippen molar-refractivity contribution in [3.63, 3.8) is 0 Å². The zero-order valence-electron chi connectivity index (χ0n) is 65.9. The predicted molar refractivity (Wildman–Crippen MR) is 414 cm³/mol. The van der Waals surface area contributed by atoms with Crippen molar-refractivity contribution in [2.24, 2.45) is 0 Å². The topological polar surface area (TPSA) is 237 Å². The molecule has 0 rings (SSSR count). The molecule has 0 spiro atoms. The minimum Gasteiger partial charge on any atom is -0.462 e. The van der Waals surface area contributed by atoms with Gasteiger partial charge in [-0.15, -0.1) is 0 Å². The van der Waals surface area contributed by atoms with Crippen molar-refractivity contribution in [3.8, 4) is 0 Å². The highest BCUT2D eigenvalue weighted by Gasteiger charge is 2.30. The average molecular weight is 1480 g/mol. The summed E-state index contributed by atoms with van der Waals surface area (Å²) < 4.78 is 68.6. The molecule has 0 aliphatic carbocycles. The van der Waals surface area contributed by atoms with Crippen LogP contribution in [0.1, 0.15) is 445 Å². The molecule has 3 N–H and O–H groups in total. The van der Waals surface area contributed by atoms with Crippen LogP contribution < -0.4 is 0 Å². The van der Waals surface area contributed by atoms with Gasteiger partial charge in [-0.1, -0.05) is 394 Å². The first-order valence-corrected chi connectivity index (χ1v) is 45.8. The number of unbranched alkanes of at least 4 members (excludes halogenated alkanes) is 57. The number of aliphatic hydroxyl groups is 1. The van der Waals surface area contributed by atoms with Gasteiger partial charge in [0.05, 0.1) is 26.4 Å². The number of phosphoric ester groups is 2. The minimum absolute atomic E-state index is 0.108. The number of aliphatic hydroxyl groups excluding tert-OH is 1. The predicted octanol–water partition coefficient (Wildman–Crippen LogP) is 25.0. The molecule has 5 atom stereocenters. The molecule has 0 saturated carbocycles. The summed E-state index contributed by atoms with van der Waals surface area (Å²) in [6.07, 6.45) is 69.6. The fourth-order valence-corrected chi connectivity index (χ4v) is 14.4. The van der Waals surface area contributed by atoms with Crippen molar-refractivity contribution >= 4 is 39.5 Å². The number of carbonyl (C=O) groups excluding carboxylic acids is 4. The van der Waals surface area contributed by atoms with Gasteiger partial charge in [0.2, 0.25) is 0 Å². The molecule has 2 unspecified atom stereocenters. The molecule has 0 aromatic heterocycles. The number of hydrogen-bond donors (Lipinski definition) is 3. The zero-order chi connectivity index (χ0) is 73.9. The van der Waals surface area contributed by atoms with E-state index in [4.69, 9.17) is 37.0 Å². The molecular formula is C82H160O17P2. The summed E-state index contributed by atoms with van der Waals surface area (Å²) in [4.78, 5) is 72.9. The lowest BCUT2D eigenvalue weighted by Crippen LogP contribution is -2.30. The lowest BCUT2D eigenvalue weighted by Gasteiger charge is -2.21. The van der Waals surface area contributed by atoms with Crippen LogP contribution >= 0.6 is 15.6 Å². The van der Waals surface area contributed by atoms with Gasteiger partial charge in [0.15, 0.2) is 12.2 Å². The summed E-state index contributed by atoms with van der Waals surface area (Å²) in [5.74, 6) is -2.11. The molecule has 19 heteroatoms. The highest BCUT2D eigenvalue weighted by Crippen LogP contribution is 2.45. The molecule has 0 amide bonds. The Kier molecular flexibility index (Phi) is 74.8. The standard InChI is InChI=1S/C82H160O17P2/c1-5-9-13-17-21-24-27-30-33-35-37-38-39-41-44-47-50-53-57-61-65-69-82(87)99-78(73-93-80(85)67-63-59-55-51-48-45-43-40-36-34-31-28-25-22-18-14-10-6-2)75-97-101(90,91)95-71-76(83)70-94-100(88,89)96-74-77(72-92-79(84)66-62-58-54-20-16-12-8-4)98-81(86)68-64-60-56-52-49-46-42-32-29-26-23-19-15-11-7-3/h76-78,83H,5-75H2,1-4H3,(H,88,89)(H,90,91)/t76-,77+,78+/m0/s1. The van der Waals surface area contributed by atoms with Crippen LogP contribution in [0.4, 0.5) is 0 Å². The Morgan fingerprint density at radius 2 is 0.396 bits per heavy atom. The van der Waals surface area contributed by atoms with E-state index in [1.807, 2.05) is 0 Å². The number of ether oxygens (including phenoxy) is 4. The van der Waals surface area contributed by atoms with Gasteiger partial charge in [-0.2, -0.15) is 0 Å². The van der Waals surface area contributed by atoms with Crippen molar-refractivity contribution in [2.45, 2.75) is 463 Å². The zero-order valence-corrected chi connectivity index (χ0v) is 67.7. The van der Waals surface area contributed by atoms with Crippen LogP contribution in [-0.2, 0) is 65.4 Å². The van der Waals surface area contributed by atoms with Crippen molar-refractivity contribution in [1.82, 2.24) is 0 Å². The van der Waals surface area contributed by atoms with Crippen LogP contribution in [0.25, 0.3) is 0 Å². The van der Waals surface area contributed by atoms with E-state index in [2.05, 4.69) is 27.7 Å². The largest absolute Gasteiger partial charge is 0.472 e. The van der Waals surface area contributed by atoms with Crippen LogP contribution in [-0.4, -0.2) is 96.7 Å². The third-order valence-electron chi connectivity index (χ3n) is 19.4. The molecule has 101 heavy (non-hydrogen) atoms. The average Bonchev–Trinajstić information content (AvgIpc) is 0.939. The minimum atomic E-state index is -4.96. The van der Waals surface area contributed by atoms with E-state index in [1.54, 1.807) is 0 Å². The summed E-state index contributed by atoms with van der Waals surface area (Å²) >= 11 is 0. The monoisotopic (exact) mass is 1480 g/mol. The van der Waals surface area contributed by atoms with Gasteiger partial charge >= 0.3 is 39.5 Å². The first-order chi connectivity index (χ1) is 49.2. The Labute approximate surface area is 619 Å². The summed E-state index contributed by atoms with van der Waals surface area (Å²) in [5.41, 5.74) is 0. The molecule has 0 aliphatic rings. The Morgan fingerprint density at radius 1 is 0.238 bits per heavy atom. The Morgan fingerprint density at radius 3 is 0.584 bits per heavy atom. The molecule has 0 heterocycles. The first-order valence-electron chi connectivity index (χ1n) is 42.8. The van der Waals surface area contributed by atoms with E-state index in [-0.39, 0.29) is 25.7 Å². The third kappa shape index (κ3) is 76.1. The Balaban J connectivity index is 5.16. The van der Waals surface area contributed by atoms with E-state index in [9.17, 15) is 43.2 Å². The molecule has 0 bridgehead atoms. The number of hydrogen-bond acceptors (Lipinski definition) is 15. The van der Waals surface area contributed by atoms with Gasteiger partial charge in [0, 0.05) is 25.7 Å². The fourth-order valence-electron chi connectivity index (χ4n) is 12.8. The van der Waals surface area contributed by atoms with Crippen LogP contribution in [0.3, 0.4) is 0 Å². The van der Waals surface area contributed by atoms with Crippen LogP contribution in [0.5, 0.6) is 0 Å². The second kappa shape index (κ2) is 76.3. The van der Waals surface area contributed by atoms with E-state index >= 15 is 0 Å². The summed E-state index contributed by atoms with van der Waals surface area (Å²) in [5, 5.41) is 10.6.